The SMILES string of the molecule is C[n+]1cc(C(=O)Nc2ccc(-c3c4nc(c(-c5ccccc5)c5ccc([nH]5)c(-c5ccccc5)c5nc(c(-c6ccccc6)c6ccc3[n-]6)C=C5)C=C4)cc2)cc(C(=O)[NH2+]c2ccc(-c3c4nc(c(-c5ccccc5)c5ccc([nH]5)c(-c5ccccc5)c5nc(c(-c6ccccc6)c6ccc3[nH]6)C=C5)C=C4)cc2)c1. The molecule has 0 fully saturated rings. The number of anilines is 1. The van der Waals surface area contributed by atoms with Crippen molar-refractivity contribution in [1.29, 1.82) is 0 Å². The summed E-state index contributed by atoms with van der Waals surface area (Å²) in [4.78, 5) is 67.8. The average molecular weight is 1410 g/mol. The van der Waals surface area contributed by atoms with E-state index in [9.17, 15) is 9.59 Å². The van der Waals surface area contributed by atoms with Gasteiger partial charge in [-0.1, -0.05) is 206 Å². The van der Waals surface area contributed by atoms with E-state index in [4.69, 9.17) is 24.9 Å². The Bertz CT molecular complexity index is 6180. The molecule has 109 heavy (non-hydrogen) atoms. The second kappa shape index (κ2) is 27.7. The van der Waals surface area contributed by atoms with Crippen LogP contribution in [-0.2, 0) is 7.05 Å². The van der Waals surface area contributed by atoms with Gasteiger partial charge in [-0.05, 0) is 171 Å². The molecule has 7 aromatic heterocycles. The van der Waals surface area contributed by atoms with Crippen LogP contribution in [0.1, 0.15) is 66.3 Å². The van der Waals surface area contributed by atoms with Gasteiger partial charge >= 0.3 is 5.91 Å². The molecular formula is C96H66N11O2+. The van der Waals surface area contributed by atoms with Gasteiger partial charge in [-0.3, -0.25) is 4.79 Å². The Morgan fingerprint density at radius 1 is 0.312 bits per heavy atom. The van der Waals surface area contributed by atoms with E-state index in [0.29, 0.717) is 22.5 Å². The molecule has 0 saturated carbocycles. The monoisotopic (exact) mass is 1400 g/mol. The summed E-state index contributed by atoms with van der Waals surface area (Å²) in [5.41, 5.74) is 30.4. The van der Waals surface area contributed by atoms with Crippen LogP contribution in [-0.4, -0.2) is 46.7 Å². The highest BCUT2D eigenvalue weighted by Gasteiger charge is 2.25. The Balaban J connectivity index is 0.653. The molecule has 0 aliphatic carbocycles. The van der Waals surface area contributed by atoms with E-state index in [1.54, 1.807) is 28.3 Å². The van der Waals surface area contributed by atoms with Crippen LogP contribution >= 0.6 is 0 Å². The molecule has 16 bridgehead atoms. The van der Waals surface area contributed by atoms with Crippen molar-refractivity contribution in [2.75, 3.05) is 5.32 Å². The lowest BCUT2D eigenvalue weighted by Gasteiger charge is -2.13. The molecule has 0 radical (unpaired) electrons. The van der Waals surface area contributed by atoms with E-state index in [2.05, 4.69) is 233 Å². The third-order valence-corrected chi connectivity index (χ3v) is 20.3. The van der Waals surface area contributed by atoms with Gasteiger partial charge in [0, 0.05) is 84.3 Å². The zero-order valence-corrected chi connectivity index (χ0v) is 59.0. The minimum Gasteiger partial charge on any atom is -0.657 e. The highest BCUT2D eigenvalue weighted by molar-refractivity contribution is 6.07. The van der Waals surface area contributed by atoms with Gasteiger partial charge in [-0.15, -0.1) is 11.0 Å². The number of rotatable bonds is 12. The summed E-state index contributed by atoms with van der Waals surface area (Å²) < 4.78 is 1.74. The van der Waals surface area contributed by atoms with Crippen LogP contribution in [0, 0.1) is 0 Å². The Morgan fingerprint density at radius 2 is 0.578 bits per heavy atom. The van der Waals surface area contributed by atoms with E-state index in [-0.39, 0.29) is 11.8 Å². The summed E-state index contributed by atoms with van der Waals surface area (Å²) in [7, 11) is 1.81. The van der Waals surface area contributed by atoms with Gasteiger partial charge in [0.05, 0.1) is 45.6 Å². The van der Waals surface area contributed by atoms with Gasteiger partial charge in [-0.2, -0.15) is 0 Å². The van der Waals surface area contributed by atoms with E-state index in [0.717, 1.165) is 179 Å². The number of hydrogen-bond donors (Lipinski definition) is 5. The fourth-order valence-electron chi connectivity index (χ4n) is 15.3. The maximum Gasteiger partial charge on any atom is 0.353 e. The molecule has 4 aliphatic rings. The number of amides is 2. The molecule has 8 aromatic carbocycles. The first-order valence-electron chi connectivity index (χ1n) is 36.2. The number of primary amides is 1. The van der Waals surface area contributed by atoms with Crippen LogP contribution < -0.4 is 20.2 Å². The number of benzene rings is 8. The molecule has 15 aromatic rings. The number of nitrogens with one attached hydrogen (secondary N) is 4. The maximum atomic E-state index is 14.5. The minimum atomic E-state index is -0.378. The van der Waals surface area contributed by atoms with Gasteiger partial charge in [-0.25, -0.2) is 34.6 Å². The number of fused-ring (bicyclic) bond motifs is 16. The number of H-pyrrole nitrogens is 3. The Morgan fingerprint density at radius 3 is 0.899 bits per heavy atom. The average Bonchev–Trinajstić information content (AvgIpc) is 1.62. The van der Waals surface area contributed by atoms with Crippen molar-refractivity contribution in [2.45, 2.75) is 0 Å². The summed E-state index contributed by atoms with van der Waals surface area (Å²) >= 11 is 0. The van der Waals surface area contributed by atoms with E-state index in [1.165, 1.54) is 0 Å². The fourth-order valence-corrected chi connectivity index (χ4v) is 15.3. The topological polar surface area (TPSA) is 180 Å². The lowest BCUT2D eigenvalue weighted by Crippen LogP contribution is -2.82. The number of nitrogens with two attached hydrogens (primary N) is 1. The highest BCUT2D eigenvalue weighted by atomic mass is 16.2. The van der Waals surface area contributed by atoms with Gasteiger partial charge in [0.25, 0.3) is 5.91 Å². The Kier molecular flexibility index (Phi) is 16.5. The molecule has 0 atom stereocenters. The first kappa shape index (κ1) is 65.0. The number of nitrogens with zero attached hydrogens (tertiary/aromatic N) is 6. The first-order valence-corrected chi connectivity index (χ1v) is 36.2. The fraction of sp³-hybridized carbons (Fsp3) is 0.0104. The predicted molar refractivity (Wildman–Crippen MR) is 442 cm³/mol. The van der Waals surface area contributed by atoms with Crippen molar-refractivity contribution < 1.29 is 19.5 Å². The van der Waals surface area contributed by atoms with E-state index in [1.807, 2.05) is 122 Å². The second-order valence-corrected chi connectivity index (χ2v) is 27.3. The number of aromatic nitrogens is 9. The van der Waals surface area contributed by atoms with Gasteiger partial charge in [0.1, 0.15) is 23.9 Å². The maximum absolute atomic E-state index is 14.5. The second-order valence-electron chi connectivity index (χ2n) is 27.3. The molecule has 516 valence electrons. The van der Waals surface area contributed by atoms with Crippen molar-refractivity contribution in [1.82, 2.24) is 39.9 Å². The van der Waals surface area contributed by atoms with Crippen LogP contribution in [0.2, 0.25) is 0 Å². The number of hydrogen-bond acceptors (Lipinski definition) is 6. The molecular weight excluding hydrogens is 1340 g/mol. The highest BCUT2D eigenvalue weighted by Crippen LogP contribution is 2.42. The van der Waals surface area contributed by atoms with Gasteiger partial charge in [0.15, 0.2) is 12.4 Å². The summed E-state index contributed by atoms with van der Waals surface area (Å²) in [5, 5.41) is 4.73. The van der Waals surface area contributed by atoms with Crippen LogP contribution in [0.4, 0.5) is 11.4 Å². The number of carbonyl (C=O) groups excluding carboxylic acids is 2. The molecule has 13 heteroatoms. The van der Waals surface area contributed by atoms with Crippen molar-refractivity contribution >= 4 is 116 Å². The molecule has 0 spiro atoms. The molecule has 11 heterocycles. The predicted octanol–water partition coefficient (Wildman–Crippen LogP) is 20.7. The number of pyridine rings is 1. The normalized spacial score (nSPS) is 12.0. The quantitative estimate of drug-likeness (QED) is 0.0596. The van der Waals surface area contributed by atoms with Crippen LogP contribution in [0.15, 0.2) is 298 Å². The number of aromatic amines is 3. The molecule has 19 rings (SSSR count). The Hall–Kier alpha value is -14.8. The lowest BCUT2D eigenvalue weighted by molar-refractivity contribution is -0.672. The molecule has 13 nitrogen and oxygen atoms in total. The third-order valence-electron chi connectivity index (χ3n) is 20.3. The summed E-state index contributed by atoms with van der Waals surface area (Å²) in [6.07, 6.45) is 20.1. The standard InChI is InChI=1S/C96H65N11O2/c1-107-57-67(95(108)97-69-36-32-65(33-37-69)93-83-52-48-79(103-83)89(61-24-12-4-13-25-61)75-44-40-71(99-75)87(59-20-8-2-9-21-59)72-41-45-76(100-72)90(62-26-14-5-15-27-62)80-49-53-84(93)104-80)56-68(58-107)96(109)98-70-38-34-66(35-39-70)94-85-54-50-81(105-85)91(63-28-16-6-17-29-63)77-46-42-73(101-77)88(60-22-10-3-11-23-60)74-43-47-78(102-74)92(64-30-18-7-19-31-64)82-51-55-86(94)106-82/h2-58H,1H3,(H5-,97,98,99,100,101,102,103,104,105,106,108,109)/p+1. The van der Waals surface area contributed by atoms with E-state index >= 15 is 0 Å². The van der Waals surface area contributed by atoms with Crippen LogP contribution in [0.25, 0.3) is 182 Å². The summed E-state index contributed by atoms with van der Waals surface area (Å²) in [5.74, 6) is -0.642. The summed E-state index contributed by atoms with van der Waals surface area (Å²) in [6, 6.07) is 96.4. The Labute approximate surface area is 627 Å². The largest absolute Gasteiger partial charge is 0.657 e. The van der Waals surface area contributed by atoms with E-state index < -0.39 is 0 Å². The number of carbonyl (C=O) groups is 2. The van der Waals surface area contributed by atoms with Crippen LogP contribution in [0.5, 0.6) is 0 Å². The van der Waals surface area contributed by atoms with Crippen molar-refractivity contribution in [3.8, 4) is 89.0 Å². The van der Waals surface area contributed by atoms with Crippen molar-refractivity contribution in [3.05, 3.63) is 354 Å². The molecule has 4 aliphatic heterocycles. The molecule has 6 N–H and O–H groups in total. The zero-order valence-electron chi connectivity index (χ0n) is 59.0. The molecule has 0 unspecified atom stereocenters. The molecule has 2 amide bonds. The lowest BCUT2D eigenvalue weighted by atomic mass is 10.0. The summed E-state index contributed by atoms with van der Waals surface area (Å²) in [6.45, 7) is 0. The minimum absolute atomic E-state index is 0.264. The molecule has 0 saturated heterocycles. The first-order chi connectivity index (χ1) is 53.7. The van der Waals surface area contributed by atoms with Crippen LogP contribution in [0.3, 0.4) is 0 Å². The van der Waals surface area contributed by atoms with Gasteiger partial charge in [0.2, 0.25) is 0 Å². The number of quaternary nitrogens is 1. The number of aryl methyl sites for hydroxylation is 1. The zero-order chi connectivity index (χ0) is 72.9. The van der Waals surface area contributed by atoms with Crippen molar-refractivity contribution in [3.63, 3.8) is 0 Å². The van der Waals surface area contributed by atoms with Gasteiger partial charge < -0.3 is 25.3 Å². The third kappa shape index (κ3) is 12.5. The van der Waals surface area contributed by atoms with Crippen molar-refractivity contribution in [2.24, 2.45) is 7.05 Å². The smallest absolute Gasteiger partial charge is 0.353 e.